The van der Waals surface area contributed by atoms with E-state index >= 15 is 0 Å². The quantitative estimate of drug-likeness (QED) is 0.809. The highest BCUT2D eigenvalue weighted by molar-refractivity contribution is 5.69. The summed E-state index contributed by atoms with van der Waals surface area (Å²) in [5.41, 5.74) is 6.28. The Labute approximate surface area is 128 Å². The summed E-state index contributed by atoms with van der Waals surface area (Å²) >= 11 is 0. The van der Waals surface area contributed by atoms with E-state index in [4.69, 9.17) is 10.5 Å². The van der Waals surface area contributed by atoms with Gasteiger partial charge in [-0.2, -0.15) is 0 Å². The molecule has 3 fully saturated rings. The predicted molar refractivity (Wildman–Crippen MR) is 82.9 cm³/mol. The molecule has 0 aromatic rings. The van der Waals surface area contributed by atoms with Crippen LogP contribution < -0.4 is 5.73 Å². The topological polar surface area (TPSA) is 55.6 Å². The van der Waals surface area contributed by atoms with E-state index in [0.717, 1.165) is 18.1 Å². The summed E-state index contributed by atoms with van der Waals surface area (Å²) in [6.45, 7) is 0. The van der Waals surface area contributed by atoms with Crippen LogP contribution in [0.2, 0.25) is 0 Å². The predicted octanol–water partition coefficient (Wildman–Crippen LogP) is 2.45. The number of hydrogen-bond donors (Lipinski definition) is 1. The van der Waals surface area contributed by atoms with Crippen LogP contribution in [0.5, 0.6) is 0 Å². The maximum absolute atomic E-state index is 11.4. The molecule has 2 aliphatic heterocycles. The van der Waals surface area contributed by atoms with Crippen molar-refractivity contribution in [2.24, 2.45) is 11.7 Å². The molecule has 2 N–H and O–H groups in total. The molecular weight excluding hydrogens is 264 g/mol. The van der Waals surface area contributed by atoms with E-state index in [0.29, 0.717) is 12.3 Å². The number of nitrogens with zero attached hydrogens (tertiary/aromatic N) is 1. The largest absolute Gasteiger partial charge is 0.469 e. The first kappa shape index (κ1) is 15.3. The maximum atomic E-state index is 11.4. The molecule has 0 spiro atoms. The van der Waals surface area contributed by atoms with Crippen LogP contribution in [-0.4, -0.2) is 42.1 Å². The molecule has 2 saturated heterocycles. The van der Waals surface area contributed by atoms with Crippen molar-refractivity contribution in [1.29, 1.82) is 0 Å². The standard InChI is InChI=1S/C17H30N2O2/c1-21-17(20)11-16(18)12-9-14-7-8-15(10-12)19(14)13-5-3-2-4-6-13/h12-16H,2-11,18H2,1H3/t12?,14?,15?,16-/m1/s1. The summed E-state index contributed by atoms with van der Waals surface area (Å²) in [5, 5.41) is 0. The average Bonchev–Trinajstić information content (AvgIpc) is 2.77. The van der Waals surface area contributed by atoms with Crippen molar-refractivity contribution in [2.45, 2.75) is 88.4 Å². The molecule has 120 valence electrons. The molecule has 1 saturated carbocycles. The van der Waals surface area contributed by atoms with Gasteiger partial charge in [0.25, 0.3) is 0 Å². The number of carbonyl (C=O) groups is 1. The summed E-state index contributed by atoms with van der Waals surface area (Å²) in [6.07, 6.45) is 12.5. The molecule has 21 heavy (non-hydrogen) atoms. The first-order chi connectivity index (χ1) is 10.2. The first-order valence-corrected chi connectivity index (χ1v) is 8.79. The Morgan fingerprint density at radius 3 is 2.29 bits per heavy atom. The van der Waals surface area contributed by atoms with Crippen LogP contribution >= 0.6 is 0 Å². The second-order valence-electron chi connectivity index (χ2n) is 7.30. The Bertz CT molecular complexity index is 354. The van der Waals surface area contributed by atoms with Crippen LogP contribution in [0.15, 0.2) is 0 Å². The van der Waals surface area contributed by atoms with Crippen molar-refractivity contribution in [1.82, 2.24) is 4.90 Å². The Morgan fingerprint density at radius 2 is 1.71 bits per heavy atom. The van der Waals surface area contributed by atoms with Gasteiger partial charge in [-0.05, 0) is 44.4 Å². The highest BCUT2D eigenvalue weighted by Gasteiger charge is 2.45. The Morgan fingerprint density at radius 1 is 1.10 bits per heavy atom. The minimum absolute atomic E-state index is 0.0194. The Balaban J connectivity index is 1.59. The van der Waals surface area contributed by atoms with E-state index in [1.165, 1.54) is 64.9 Å². The van der Waals surface area contributed by atoms with Crippen molar-refractivity contribution in [3.8, 4) is 0 Å². The molecular formula is C17H30N2O2. The normalized spacial score (nSPS) is 35.6. The van der Waals surface area contributed by atoms with Crippen molar-refractivity contribution in [2.75, 3.05) is 7.11 Å². The van der Waals surface area contributed by atoms with E-state index in [1.807, 2.05) is 0 Å². The molecule has 2 bridgehead atoms. The lowest BCUT2D eigenvalue weighted by atomic mass is 9.81. The minimum Gasteiger partial charge on any atom is -0.469 e. The van der Waals surface area contributed by atoms with Crippen LogP contribution in [0.4, 0.5) is 0 Å². The van der Waals surface area contributed by atoms with Crippen molar-refractivity contribution in [3.05, 3.63) is 0 Å². The van der Waals surface area contributed by atoms with E-state index < -0.39 is 0 Å². The maximum Gasteiger partial charge on any atom is 0.307 e. The summed E-state index contributed by atoms with van der Waals surface area (Å²) < 4.78 is 4.77. The molecule has 0 amide bonds. The molecule has 3 aliphatic rings. The fourth-order valence-corrected chi connectivity index (χ4v) is 5.02. The van der Waals surface area contributed by atoms with Gasteiger partial charge in [0.15, 0.2) is 0 Å². The van der Waals surface area contributed by atoms with Gasteiger partial charge in [-0.1, -0.05) is 19.3 Å². The fraction of sp³-hybridized carbons (Fsp3) is 0.941. The van der Waals surface area contributed by atoms with Crippen molar-refractivity contribution in [3.63, 3.8) is 0 Å². The molecule has 4 heteroatoms. The Kier molecular flexibility index (Phi) is 4.85. The number of piperidine rings is 1. The lowest BCUT2D eigenvalue weighted by molar-refractivity contribution is -0.141. The Hall–Kier alpha value is -0.610. The average molecular weight is 294 g/mol. The van der Waals surface area contributed by atoms with Crippen molar-refractivity contribution >= 4 is 5.97 Å². The molecule has 3 rings (SSSR count). The van der Waals surface area contributed by atoms with Gasteiger partial charge in [-0.25, -0.2) is 0 Å². The van der Waals surface area contributed by atoms with Crippen LogP contribution in [0.25, 0.3) is 0 Å². The number of carbonyl (C=O) groups excluding carboxylic acids is 1. The first-order valence-electron chi connectivity index (χ1n) is 8.79. The summed E-state index contributed by atoms with van der Waals surface area (Å²) in [5.74, 6) is 0.339. The third-order valence-corrected chi connectivity index (χ3v) is 6.06. The molecule has 0 aromatic heterocycles. The van der Waals surface area contributed by atoms with Gasteiger partial charge in [0.1, 0.15) is 0 Å². The van der Waals surface area contributed by atoms with E-state index in [1.54, 1.807) is 0 Å². The van der Waals surface area contributed by atoms with Gasteiger partial charge in [0.05, 0.1) is 13.5 Å². The van der Waals surface area contributed by atoms with E-state index in [9.17, 15) is 4.79 Å². The van der Waals surface area contributed by atoms with Gasteiger partial charge in [0, 0.05) is 24.2 Å². The lowest BCUT2D eigenvalue weighted by Crippen LogP contribution is -2.52. The van der Waals surface area contributed by atoms with Gasteiger partial charge in [0.2, 0.25) is 0 Å². The van der Waals surface area contributed by atoms with Crippen LogP contribution in [0.3, 0.4) is 0 Å². The van der Waals surface area contributed by atoms with Crippen LogP contribution in [-0.2, 0) is 9.53 Å². The molecule has 2 heterocycles. The van der Waals surface area contributed by atoms with Crippen molar-refractivity contribution < 1.29 is 9.53 Å². The summed E-state index contributed by atoms with van der Waals surface area (Å²) in [4.78, 5) is 14.3. The zero-order valence-electron chi connectivity index (χ0n) is 13.3. The zero-order chi connectivity index (χ0) is 14.8. The number of methoxy groups -OCH3 is 1. The second-order valence-corrected chi connectivity index (χ2v) is 7.30. The lowest BCUT2D eigenvalue weighted by Gasteiger charge is -2.46. The highest BCUT2D eigenvalue weighted by Crippen LogP contribution is 2.43. The van der Waals surface area contributed by atoms with Gasteiger partial charge in [-0.15, -0.1) is 0 Å². The molecule has 0 radical (unpaired) electrons. The second kappa shape index (κ2) is 6.66. The van der Waals surface area contributed by atoms with Crippen LogP contribution in [0.1, 0.15) is 64.2 Å². The third-order valence-electron chi connectivity index (χ3n) is 6.06. The molecule has 4 nitrogen and oxygen atoms in total. The SMILES string of the molecule is COC(=O)C[C@@H](N)C1CC2CCC(C1)N2C1CCCCC1. The number of nitrogens with two attached hydrogens (primary N) is 1. The zero-order valence-corrected chi connectivity index (χ0v) is 13.3. The number of fused-ring (bicyclic) bond motifs is 2. The number of ether oxygens (including phenoxy) is 1. The molecule has 2 unspecified atom stereocenters. The summed E-state index contributed by atoms with van der Waals surface area (Å²) in [7, 11) is 1.45. The number of rotatable bonds is 4. The smallest absolute Gasteiger partial charge is 0.307 e. The fourth-order valence-electron chi connectivity index (χ4n) is 5.02. The summed E-state index contributed by atoms with van der Waals surface area (Å²) in [6, 6.07) is 2.25. The highest BCUT2D eigenvalue weighted by atomic mass is 16.5. The number of esters is 1. The minimum atomic E-state index is -0.162. The molecule has 0 aromatic carbocycles. The number of hydrogen-bond acceptors (Lipinski definition) is 4. The molecule has 1 aliphatic carbocycles. The third kappa shape index (κ3) is 3.26. The van der Waals surface area contributed by atoms with Gasteiger partial charge >= 0.3 is 5.97 Å². The monoisotopic (exact) mass is 294 g/mol. The molecule has 3 atom stereocenters. The van der Waals surface area contributed by atoms with E-state index in [-0.39, 0.29) is 12.0 Å². The van der Waals surface area contributed by atoms with E-state index in [2.05, 4.69) is 4.90 Å². The van der Waals surface area contributed by atoms with Crippen LogP contribution in [0, 0.1) is 5.92 Å². The van der Waals surface area contributed by atoms with Gasteiger partial charge in [-0.3, -0.25) is 9.69 Å². The van der Waals surface area contributed by atoms with Gasteiger partial charge < -0.3 is 10.5 Å².